The number of carboxylic acid groups (broad SMARTS) is 1. The quantitative estimate of drug-likeness (QED) is 0.708. The van der Waals surface area contributed by atoms with Crippen LogP contribution in [0.1, 0.15) is 31.7 Å². The summed E-state index contributed by atoms with van der Waals surface area (Å²) in [4.78, 5) is 33.4. The Labute approximate surface area is 123 Å². The fourth-order valence-electron chi connectivity index (χ4n) is 1.58. The second-order valence-electron chi connectivity index (χ2n) is 4.63. The molecule has 0 aliphatic carbocycles. The van der Waals surface area contributed by atoms with Crippen molar-refractivity contribution in [2.24, 2.45) is 0 Å². The Balaban J connectivity index is 2.16. The first-order valence-electron chi connectivity index (χ1n) is 6.70. The highest BCUT2D eigenvalue weighted by Gasteiger charge is 2.14. The topological polar surface area (TPSA) is 92.7 Å². The predicted octanol–water partition coefficient (Wildman–Crippen LogP) is 1.49. The van der Waals surface area contributed by atoms with Crippen LogP contribution in [0.5, 0.6) is 0 Å². The van der Waals surface area contributed by atoms with Crippen molar-refractivity contribution in [1.29, 1.82) is 0 Å². The van der Waals surface area contributed by atoms with E-state index in [1.165, 1.54) is 6.92 Å². The maximum absolute atomic E-state index is 11.5. The average Bonchev–Trinajstić information content (AvgIpc) is 2.46. The van der Waals surface area contributed by atoms with Gasteiger partial charge in [-0.3, -0.25) is 14.4 Å². The Morgan fingerprint density at radius 2 is 1.86 bits per heavy atom. The molecule has 114 valence electrons. The highest BCUT2D eigenvalue weighted by atomic mass is 16.5. The highest BCUT2D eigenvalue weighted by molar-refractivity contribution is 5.83. The Bertz CT molecular complexity index is 486. The Morgan fingerprint density at radius 1 is 1.19 bits per heavy atom. The number of hydrogen-bond donors (Lipinski definition) is 2. The van der Waals surface area contributed by atoms with Crippen molar-refractivity contribution < 1.29 is 24.2 Å². The van der Waals surface area contributed by atoms with Crippen LogP contribution in [0.4, 0.5) is 0 Å². The molecule has 21 heavy (non-hydrogen) atoms. The van der Waals surface area contributed by atoms with E-state index in [0.717, 1.165) is 5.56 Å². The van der Waals surface area contributed by atoms with Gasteiger partial charge >= 0.3 is 11.9 Å². The lowest BCUT2D eigenvalue weighted by atomic mass is 10.2. The van der Waals surface area contributed by atoms with Crippen molar-refractivity contribution in [3.63, 3.8) is 0 Å². The molecule has 0 saturated carbocycles. The van der Waals surface area contributed by atoms with E-state index in [4.69, 9.17) is 9.84 Å². The Morgan fingerprint density at radius 3 is 2.48 bits per heavy atom. The summed E-state index contributed by atoms with van der Waals surface area (Å²) in [5, 5.41) is 11.0. The second-order valence-corrected chi connectivity index (χ2v) is 4.63. The Kier molecular flexibility index (Phi) is 6.94. The van der Waals surface area contributed by atoms with Crippen molar-refractivity contribution in [1.82, 2.24) is 5.32 Å². The zero-order valence-electron chi connectivity index (χ0n) is 11.9. The molecule has 6 nitrogen and oxygen atoms in total. The molecule has 0 spiro atoms. The van der Waals surface area contributed by atoms with Gasteiger partial charge in [-0.15, -0.1) is 0 Å². The molecule has 0 heterocycles. The number of amides is 1. The molecule has 1 aromatic rings. The van der Waals surface area contributed by atoms with E-state index in [9.17, 15) is 14.4 Å². The lowest BCUT2D eigenvalue weighted by Gasteiger charge is -2.09. The minimum atomic E-state index is -1.09. The number of carbonyl (C=O) groups is 3. The van der Waals surface area contributed by atoms with Gasteiger partial charge in [-0.05, 0) is 18.9 Å². The summed E-state index contributed by atoms with van der Waals surface area (Å²) in [6.45, 7) is 1.59. The lowest BCUT2D eigenvalue weighted by Crippen LogP contribution is -2.38. The first-order valence-corrected chi connectivity index (χ1v) is 6.70. The largest absolute Gasteiger partial charge is 0.480 e. The molecular formula is C15H19NO5. The summed E-state index contributed by atoms with van der Waals surface area (Å²) >= 11 is 0. The van der Waals surface area contributed by atoms with Crippen LogP contribution in [-0.4, -0.2) is 29.0 Å². The minimum absolute atomic E-state index is 0.0953. The number of esters is 1. The number of hydrogen-bond acceptors (Lipinski definition) is 4. The average molecular weight is 293 g/mol. The molecule has 1 aromatic carbocycles. The van der Waals surface area contributed by atoms with Gasteiger partial charge in [0, 0.05) is 12.8 Å². The molecule has 0 aromatic heterocycles. The third-order valence-electron chi connectivity index (χ3n) is 2.78. The monoisotopic (exact) mass is 293 g/mol. The fourth-order valence-corrected chi connectivity index (χ4v) is 1.58. The van der Waals surface area contributed by atoms with Gasteiger partial charge in [-0.25, -0.2) is 0 Å². The number of rotatable bonds is 8. The highest BCUT2D eigenvalue weighted by Crippen LogP contribution is 2.04. The van der Waals surface area contributed by atoms with E-state index >= 15 is 0 Å². The predicted molar refractivity (Wildman–Crippen MR) is 75.3 cm³/mol. The van der Waals surface area contributed by atoms with E-state index in [0.29, 0.717) is 6.42 Å². The van der Waals surface area contributed by atoms with Crippen LogP contribution in [0.3, 0.4) is 0 Å². The summed E-state index contributed by atoms with van der Waals surface area (Å²) in [7, 11) is 0. The number of aliphatic carboxylic acids is 1. The molecule has 1 unspecified atom stereocenters. The molecule has 2 N–H and O–H groups in total. The summed E-state index contributed by atoms with van der Waals surface area (Å²) in [5.41, 5.74) is 0.902. The molecule has 1 atom stereocenters. The van der Waals surface area contributed by atoms with Gasteiger partial charge in [0.1, 0.15) is 12.6 Å². The van der Waals surface area contributed by atoms with Crippen LogP contribution in [0.25, 0.3) is 0 Å². The molecule has 0 saturated heterocycles. The second kappa shape index (κ2) is 8.73. The summed E-state index contributed by atoms with van der Waals surface area (Å²) in [5.74, 6) is -1.86. The number of benzene rings is 1. The molecule has 0 radical (unpaired) electrons. The molecule has 0 aliphatic heterocycles. The van der Waals surface area contributed by atoms with E-state index in [1.807, 2.05) is 30.3 Å². The molecule has 0 bridgehead atoms. The van der Waals surface area contributed by atoms with Crippen LogP contribution < -0.4 is 5.32 Å². The molecule has 6 heteroatoms. The van der Waals surface area contributed by atoms with Gasteiger partial charge in [0.25, 0.3) is 0 Å². The fraction of sp³-hybridized carbons (Fsp3) is 0.400. The first kappa shape index (κ1) is 16.7. The zero-order valence-corrected chi connectivity index (χ0v) is 11.9. The van der Waals surface area contributed by atoms with E-state index < -0.39 is 12.0 Å². The third kappa shape index (κ3) is 7.10. The van der Waals surface area contributed by atoms with Gasteiger partial charge in [0.05, 0.1) is 0 Å². The first-order chi connectivity index (χ1) is 9.99. The lowest BCUT2D eigenvalue weighted by molar-refractivity contribution is -0.145. The molecule has 0 aliphatic rings. The minimum Gasteiger partial charge on any atom is -0.480 e. The molecular weight excluding hydrogens is 274 g/mol. The van der Waals surface area contributed by atoms with Gasteiger partial charge in [0.2, 0.25) is 5.91 Å². The van der Waals surface area contributed by atoms with Gasteiger partial charge in [0.15, 0.2) is 0 Å². The van der Waals surface area contributed by atoms with Crippen LogP contribution in [0.15, 0.2) is 30.3 Å². The smallest absolute Gasteiger partial charge is 0.325 e. The number of nitrogens with one attached hydrogen (secondary N) is 1. The maximum Gasteiger partial charge on any atom is 0.325 e. The Hall–Kier alpha value is -2.37. The van der Waals surface area contributed by atoms with Gasteiger partial charge in [-0.2, -0.15) is 0 Å². The zero-order chi connectivity index (χ0) is 15.7. The van der Waals surface area contributed by atoms with E-state index in [1.54, 1.807) is 0 Å². The van der Waals surface area contributed by atoms with Gasteiger partial charge < -0.3 is 15.2 Å². The van der Waals surface area contributed by atoms with Gasteiger partial charge in [-0.1, -0.05) is 30.3 Å². The van der Waals surface area contributed by atoms with Crippen molar-refractivity contribution >= 4 is 17.8 Å². The normalized spacial score (nSPS) is 11.5. The molecule has 1 rings (SSSR count). The number of carbonyl (C=O) groups excluding carboxylic acids is 2. The van der Waals surface area contributed by atoms with Crippen molar-refractivity contribution in [2.75, 3.05) is 0 Å². The van der Waals surface area contributed by atoms with E-state index in [2.05, 4.69) is 5.32 Å². The summed E-state index contributed by atoms with van der Waals surface area (Å²) < 4.78 is 5.06. The van der Waals surface area contributed by atoms with Crippen LogP contribution >= 0.6 is 0 Å². The third-order valence-corrected chi connectivity index (χ3v) is 2.78. The summed E-state index contributed by atoms with van der Waals surface area (Å²) in [6.07, 6.45) is 0.547. The van der Waals surface area contributed by atoms with Crippen LogP contribution in [0, 0.1) is 0 Å². The SMILES string of the molecule is CC(NC(=O)CCCC(=O)OCc1ccccc1)C(=O)O. The van der Waals surface area contributed by atoms with E-state index in [-0.39, 0.29) is 31.3 Å². The standard InChI is InChI=1S/C15H19NO5/c1-11(15(19)20)16-13(17)8-5-9-14(18)21-10-12-6-3-2-4-7-12/h2-4,6-7,11H,5,8-10H2,1H3,(H,16,17)(H,19,20). The number of carboxylic acids is 1. The van der Waals surface area contributed by atoms with Crippen molar-refractivity contribution in [2.45, 2.75) is 38.8 Å². The maximum atomic E-state index is 11.5. The summed E-state index contributed by atoms with van der Waals surface area (Å²) in [6, 6.07) is 8.38. The molecule has 1 amide bonds. The molecule has 0 fully saturated rings. The van der Waals surface area contributed by atoms with Crippen LogP contribution in [0.2, 0.25) is 0 Å². The van der Waals surface area contributed by atoms with Crippen LogP contribution in [-0.2, 0) is 25.7 Å². The van der Waals surface area contributed by atoms with Crippen molar-refractivity contribution in [3.8, 4) is 0 Å². The van der Waals surface area contributed by atoms with Crippen molar-refractivity contribution in [3.05, 3.63) is 35.9 Å². The number of ether oxygens (including phenoxy) is 1.